The van der Waals surface area contributed by atoms with E-state index in [2.05, 4.69) is 13.0 Å². The van der Waals surface area contributed by atoms with Crippen LogP contribution in [0, 0.1) is 0 Å². The molecule has 0 fully saturated rings. The van der Waals surface area contributed by atoms with Gasteiger partial charge in [-0.05, 0) is 60.2 Å². The van der Waals surface area contributed by atoms with E-state index in [-0.39, 0.29) is 11.8 Å². The van der Waals surface area contributed by atoms with Crippen LogP contribution in [0.3, 0.4) is 0 Å². The van der Waals surface area contributed by atoms with Crippen LogP contribution in [0.4, 0.5) is 0 Å². The molecule has 0 saturated carbocycles. The monoisotopic (exact) mass is 350 g/mol. The molecule has 0 unspecified atom stereocenters. The molecule has 1 aliphatic heterocycles. The van der Waals surface area contributed by atoms with Crippen molar-refractivity contribution >= 4 is 11.8 Å². The molecule has 0 spiro atoms. The standard InChI is InChI=1S/C22H22O4/c1-2-3-9-25-22(24)15-7-8-17-16(10-15)13-26-21-12-18-14(11-19(17)21)5-4-6-20(18)23/h7-8,10-12H,2-6,9,13H2,1H3. The summed E-state index contributed by atoms with van der Waals surface area (Å²) in [6.45, 7) is 2.91. The maximum atomic E-state index is 12.2. The first-order chi connectivity index (χ1) is 12.7. The third-order valence-corrected chi connectivity index (χ3v) is 5.10. The lowest BCUT2D eigenvalue weighted by Crippen LogP contribution is -2.14. The third-order valence-electron chi connectivity index (χ3n) is 5.10. The second-order valence-electron chi connectivity index (χ2n) is 6.93. The van der Waals surface area contributed by atoms with Gasteiger partial charge in [0.05, 0.1) is 12.2 Å². The summed E-state index contributed by atoms with van der Waals surface area (Å²) in [5, 5.41) is 0. The average Bonchev–Trinajstić information content (AvgIpc) is 2.66. The largest absolute Gasteiger partial charge is 0.488 e. The van der Waals surface area contributed by atoms with E-state index in [0.717, 1.165) is 59.3 Å². The van der Waals surface area contributed by atoms with E-state index >= 15 is 0 Å². The Morgan fingerprint density at radius 3 is 2.81 bits per heavy atom. The minimum atomic E-state index is -0.289. The molecule has 1 heterocycles. The minimum absolute atomic E-state index is 0.202. The van der Waals surface area contributed by atoms with Gasteiger partial charge < -0.3 is 9.47 Å². The first-order valence-corrected chi connectivity index (χ1v) is 9.30. The van der Waals surface area contributed by atoms with Gasteiger partial charge in [-0.1, -0.05) is 19.4 Å². The van der Waals surface area contributed by atoms with Gasteiger partial charge in [0.25, 0.3) is 0 Å². The molecule has 1 aliphatic carbocycles. The Morgan fingerprint density at radius 1 is 1.08 bits per heavy atom. The van der Waals surface area contributed by atoms with Gasteiger partial charge in [-0.25, -0.2) is 4.79 Å². The van der Waals surface area contributed by atoms with Gasteiger partial charge in [-0.2, -0.15) is 0 Å². The summed E-state index contributed by atoms with van der Waals surface area (Å²) in [6.07, 6.45) is 4.31. The molecule has 4 heteroatoms. The topological polar surface area (TPSA) is 52.6 Å². The molecule has 0 aromatic heterocycles. The molecule has 4 rings (SSSR count). The summed E-state index contributed by atoms with van der Waals surface area (Å²) < 4.78 is 11.2. The van der Waals surface area contributed by atoms with Gasteiger partial charge in [0, 0.05) is 17.5 Å². The quantitative estimate of drug-likeness (QED) is 0.591. The Balaban J connectivity index is 1.66. The summed E-state index contributed by atoms with van der Waals surface area (Å²) >= 11 is 0. The zero-order chi connectivity index (χ0) is 18.1. The van der Waals surface area contributed by atoms with Crippen LogP contribution >= 0.6 is 0 Å². The van der Waals surface area contributed by atoms with E-state index < -0.39 is 0 Å². The Kier molecular flexibility index (Phi) is 4.49. The maximum absolute atomic E-state index is 12.2. The number of ketones is 1. The van der Waals surface area contributed by atoms with Gasteiger partial charge in [0.2, 0.25) is 0 Å². The van der Waals surface area contributed by atoms with Crippen LogP contribution in [0.25, 0.3) is 11.1 Å². The zero-order valence-electron chi connectivity index (χ0n) is 15.0. The Bertz CT molecular complexity index is 882. The number of Topliss-reactive ketones (excluding diaryl/α,β-unsaturated/α-hetero) is 1. The minimum Gasteiger partial charge on any atom is -0.488 e. The van der Waals surface area contributed by atoms with E-state index in [4.69, 9.17) is 9.47 Å². The SMILES string of the molecule is CCCCOC(=O)c1ccc2c(c1)COc1cc3c(cc1-2)CCCC3=O. The van der Waals surface area contributed by atoms with Crippen molar-refractivity contribution in [1.29, 1.82) is 0 Å². The highest BCUT2D eigenvalue weighted by Crippen LogP contribution is 2.41. The van der Waals surface area contributed by atoms with Crippen LogP contribution in [-0.2, 0) is 17.8 Å². The van der Waals surface area contributed by atoms with Crippen molar-refractivity contribution in [2.75, 3.05) is 6.61 Å². The number of benzene rings is 2. The average molecular weight is 350 g/mol. The van der Waals surface area contributed by atoms with E-state index in [0.29, 0.717) is 25.2 Å². The van der Waals surface area contributed by atoms with E-state index in [1.165, 1.54) is 0 Å². The van der Waals surface area contributed by atoms with Crippen molar-refractivity contribution in [3.63, 3.8) is 0 Å². The Hall–Kier alpha value is -2.62. The highest BCUT2D eigenvalue weighted by Gasteiger charge is 2.25. The van der Waals surface area contributed by atoms with Crippen LogP contribution < -0.4 is 4.74 Å². The summed E-state index contributed by atoms with van der Waals surface area (Å²) in [4.78, 5) is 24.3. The number of ether oxygens (including phenoxy) is 2. The van der Waals surface area contributed by atoms with Crippen molar-refractivity contribution in [1.82, 2.24) is 0 Å². The van der Waals surface area contributed by atoms with Crippen molar-refractivity contribution in [2.45, 2.75) is 45.6 Å². The van der Waals surface area contributed by atoms with Crippen molar-refractivity contribution in [3.8, 4) is 16.9 Å². The predicted octanol–water partition coefficient (Wildman–Crippen LogP) is 4.72. The highest BCUT2D eigenvalue weighted by atomic mass is 16.5. The molecule has 0 bridgehead atoms. The fourth-order valence-electron chi connectivity index (χ4n) is 3.65. The summed E-state index contributed by atoms with van der Waals surface area (Å²) in [5.74, 6) is 0.668. The molecule has 0 saturated heterocycles. The van der Waals surface area contributed by atoms with E-state index in [1.54, 1.807) is 0 Å². The van der Waals surface area contributed by atoms with Gasteiger partial charge in [0.1, 0.15) is 12.4 Å². The lowest BCUT2D eigenvalue weighted by atomic mass is 9.86. The number of esters is 1. The van der Waals surface area contributed by atoms with E-state index in [9.17, 15) is 9.59 Å². The molecule has 134 valence electrons. The molecule has 2 aromatic rings. The fourth-order valence-corrected chi connectivity index (χ4v) is 3.65. The molecule has 26 heavy (non-hydrogen) atoms. The third kappa shape index (κ3) is 3.00. The summed E-state index contributed by atoms with van der Waals surface area (Å²) in [5.41, 5.74) is 5.50. The number of hydrogen-bond donors (Lipinski definition) is 0. The number of carbonyl (C=O) groups excluding carboxylic acids is 2. The van der Waals surface area contributed by atoms with Crippen LogP contribution in [0.2, 0.25) is 0 Å². The Labute approximate surface area is 153 Å². The number of hydrogen-bond acceptors (Lipinski definition) is 4. The lowest BCUT2D eigenvalue weighted by molar-refractivity contribution is 0.0499. The van der Waals surface area contributed by atoms with E-state index in [1.807, 2.05) is 24.3 Å². The second-order valence-corrected chi connectivity index (χ2v) is 6.93. The fraction of sp³-hybridized carbons (Fsp3) is 0.364. The first kappa shape index (κ1) is 16.8. The van der Waals surface area contributed by atoms with Crippen LogP contribution in [-0.4, -0.2) is 18.4 Å². The van der Waals surface area contributed by atoms with Gasteiger partial charge >= 0.3 is 5.97 Å². The summed E-state index contributed by atoms with van der Waals surface area (Å²) in [6, 6.07) is 9.61. The number of carbonyl (C=O) groups is 2. The van der Waals surface area contributed by atoms with Crippen molar-refractivity contribution in [2.24, 2.45) is 0 Å². The normalized spacial score (nSPS) is 14.7. The predicted molar refractivity (Wildman–Crippen MR) is 98.7 cm³/mol. The van der Waals surface area contributed by atoms with Crippen LogP contribution in [0.15, 0.2) is 30.3 Å². The lowest BCUT2D eigenvalue weighted by Gasteiger charge is -2.24. The highest BCUT2D eigenvalue weighted by molar-refractivity contribution is 6.00. The molecule has 0 N–H and O–H groups in total. The van der Waals surface area contributed by atoms with Gasteiger partial charge in [0.15, 0.2) is 5.78 Å². The van der Waals surface area contributed by atoms with Crippen molar-refractivity contribution < 1.29 is 19.1 Å². The number of unbranched alkanes of at least 4 members (excludes halogenated alkanes) is 1. The number of aryl methyl sites for hydroxylation is 1. The molecular weight excluding hydrogens is 328 g/mol. The van der Waals surface area contributed by atoms with Gasteiger partial charge in [-0.3, -0.25) is 4.79 Å². The molecule has 4 nitrogen and oxygen atoms in total. The Morgan fingerprint density at radius 2 is 1.96 bits per heavy atom. The zero-order valence-corrected chi connectivity index (χ0v) is 15.0. The van der Waals surface area contributed by atoms with Crippen LogP contribution in [0.1, 0.15) is 64.4 Å². The number of fused-ring (bicyclic) bond motifs is 4. The molecule has 2 aliphatic rings. The molecule has 2 aromatic carbocycles. The summed E-state index contributed by atoms with van der Waals surface area (Å²) in [7, 11) is 0. The maximum Gasteiger partial charge on any atom is 0.338 e. The van der Waals surface area contributed by atoms with Crippen LogP contribution in [0.5, 0.6) is 5.75 Å². The molecule has 0 atom stereocenters. The van der Waals surface area contributed by atoms with Gasteiger partial charge in [-0.15, -0.1) is 0 Å². The van der Waals surface area contributed by atoms with Crippen molar-refractivity contribution in [3.05, 3.63) is 52.6 Å². The molecular formula is C22H22O4. The number of rotatable bonds is 4. The first-order valence-electron chi connectivity index (χ1n) is 9.30. The second kappa shape index (κ2) is 6.94. The molecule has 0 radical (unpaired) electrons. The molecule has 0 amide bonds. The smallest absolute Gasteiger partial charge is 0.338 e.